The van der Waals surface area contributed by atoms with Crippen LogP contribution in [0.25, 0.3) is 0 Å². The fourth-order valence-electron chi connectivity index (χ4n) is 1.41. The van der Waals surface area contributed by atoms with Gasteiger partial charge in [-0.05, 0) is 35.9 Å². The highest BCUT2D eigenvalue weighted by Gasteiger charge is 2.04. The second-order valence-electron chi connectivity index (χ2n) is 3.76. The molecule has 0 saturated carbocycles. The van der Waals surface area contributed by atoms with E-state index in [1.807, 2.05) is 24.3 Å². The molecule has 5 heteroatoms. The molecule has 1 N–H and O–H groups in total. The lowest BCUT2D eigenvalue weighted by Crippen LogP contribution is -2.17. The molecule has 96 valence electrons. The number of rotatable bonds is 3. The maximum Gasteiger partial charge on any atom is 0.271 e. The number of hydrazone groups is 1. The minimum absolute atomic E-state index is 0.230. The number of nitrogens with zero attached hydrogens (tertiary/aromatic N) is 1. The number of nitrogens with one attached hydrogen (secondary N) is 1. The van der Waals surface area contributed by atoms with Crippen molar-refractivity contribution < 1.29 is 9.18 Å². The Kier molecular flexibility index (Phi) is 4.41. The topological polar surface area (TPSA) is 41.5 Å². The number of hydrogen-bond donors (Lipinski definition) is 1. The molecule has 0 aromatic heterocycles. The first kappa shape index (κ1) is 13.4. The molecule has 1 amide bonds. The molecule has 0 aliphatic heterocycles. The summed E-state index contributed by atoms with van der Waals surface area (Å²) in [5, 5.41) is 3.81. The van der Waals surface area contributed by atoms with Crippen molar-refractivity contribution in [2.24, 2.45) is 5.10 Å². The summed E-state index contributed by atoms with van der Waals surface area (Å²) in [5.41, 5.74) is 3.42. The lowest BCUT2D eigenvalue weighted by molar-refractivity contribution is 0.0954. The lowest BCUT2D eigenvalue weighted by atomic mass is 10.2. The molecule has 2 aromatic rings. The summed E-state index contributed by atoms with van der Waals surface area (Å²) < 4.78 is 13.9. The highest BCUT2D eigenvalue weighted by atomic mass is 79.9. The van der Waals surface area contributed by atoms with Gasteiger partial charge in [-0.25, -0.2) is 9.82 Å². The van der Waals surface area contributed by atoms with E-state index in [2.05, 4.69) is 26.5 Å². The Labute approximate surface area is 118 Å². The van der Waals surface area contributed by atoms with Crippen molar-refractivity contribution in [2.75, 3.05) is 0 Å². The van der Waals surface area contributed by atoms with E-state index in [-0.39, 0.29) is 5.56 Å². The van der Waals surface area contributed by atoms with Crippen LogP contribution in [0.3, 0.4) is 0 Å². The Balaban J connectivity index is 1.98. The molecule has 3 nitrogen and oxygen atoms in total. The van der Waals surface area contributed by atoms with Gasteiger partial charge in [0.1, 0.15) is 5.82 Å². The third-order valence-electron chi connectivity index (χ3n) is 2.34. The first-order valence-electron chi connectivity index (χ1n) is 5.50. The average molecular weight is 321 g/mol. The first-order chi connectivity index (χ1) is 9.15. The van der Waals surface area contributed by atoms with Crippen LogP contribution in [-0.4, -0.2) is 12.1 Å². The number of hydrogen-bond acceptors (Lipinski definition) is 2. The van der Waals surface area contributed by atoms with Gasteiger partial charge in [0, 0.05) is 10.0 Å². The van der Waals surface area contributed by atoms with Gasteiger partial charge in [-0.1, -0.05) is 34.1 Å². The predicted octanol–water partition coefficient (Wildman–Crippen LogP) is 3.35. The summed E-state index contributed by atoms with van der Waals surface area (Å²) in [4.78, 5) is 11.6. The Morgan fingerprint density at radius 2 is 1.95 bits per heavy atom. The second-order valence-corrected chi connectivity index (χ2v) is 4.68. The van der Waals surface area contributed by atoms with Crippen LogP contribution >= 0.6 is 15.9 Å². The van der Waals surface area contributed by atoms with Crippen molar-refractivity contribution >= 4 is 28.1 Å². The largest absolute Gasteiger partial charge is 0.271 e. The van der Waals surface area contributed by atoms with Crippen LogP contribution in [0.1, 0.15) is 15.9 Å². The normalized spacial score (nSPS) is 10.6. The summed E-state index contributed by atoms with van der Waals surface area (Å²) >= 11 is 3.32. The van der Waals surface area contributed by atoms with Crippen LogP contribution in [0.5, 0.6) is 0 Å². The fraction of sp³-hybridized carbons (Fsp3) is 0. The van der Waals surface area contributed by atoms with Crippen molar-refractivity contribution in [3.8, 4) is 0 Å². The first-order valence-corrected chi connectivity index (χ1v) is 6.29. The SMILES string of the molecule is O=C(N/N=C/c1ccc(Br)cc1)c1cccc(F)c1. The van der Waals surface area contributed by atoms with Crippen LogP contribution < -0.4 is 5.43 Å². The van der Waals surface area contributed by atoms with Crippen LogP contribution in [0.4, 0.5) is 4.39 Å². The number of halogens is 2. The van der Waals surface area contributed by atoms with Gasteiger partial charge in [0.25, 0.3) is 5.91 Å². The van der Waals surface area contributed by atoms with Gasteiger partial charge < -0.3 is 0 Å². The lowest BCUT2D eigenvalue weighted by Gasteiger charge is -1.99. The van der Waals surface area contributed by atoms with E-state index < -0.39 is 11.7 Å². The highest BCUT2D eigenvalue weighted by Crippen LogP contribution is 2.09. The zero-order chi connectivity index (χ0) is 13.7. The molecule has 0 radical (unpaired) electrons. The fourth-order valence-corrected chi connectivity index (χ4v) is 1.67. The van der Waals surface area contributed by atoms with Crippen molar-refractivity contribution in [2.45, 2.75) is 0 Å². The van der Waals surface area contributed by atoms with Gasteiger partial charge in [0.15, 0.2) is 0 Å². The number of benzene rings is 2. The summed E-state index contributed by atoms with van der Waals surface area (Å²) in [6.07, 6.45) is 1.52. The Morgan fingerprint density at radius 1 is 1.21 bits per heavy atom. The molecule has 0 heterocycles. The van der Waals surface area contributed by atoms with Crippen LogP contribution in [0, 0.1) is 5.82 Å². The minimum Gasteiger partial charge on any atom is -0.267 e. The molecular formula is C14H10BrFN2O. The zero-order valence-electron chi connectivity index (χ0n) is 9.81. The van der Waals surface area contributed by atoms with Crippen molar-refractivity contribution in [1.82, 2.24) is 5.43 Å². The number of carbonyl (C=O) groups excluding carboxylic acids is 1. The third kappa shape index (κ3) is 3.99. The van der Waals surface area contributed by atoms with Gasteiger partial charge in [0.05, 0.1) is 6.21 Å². The molecule has 0 saturated heterocycles. The van der Waals surface area contributed by atoms with Gasteiger partial charge in [-0.15, -0.1) is 0 Å². The molecule has 0 unspecified atom stereocenters. The minimum atomic E-state index is -0.454. The molecule has 0 fully saturated rings. The van der Waals surface area contributed by atoms with Crippen LogP contribution in [-0.2, 0) is 0 Å². The molecule has 0 atom stereocenters. The smallest absolute Gasteiger partial charge is 0.267 e. The van der Waals surface area contributed by atoms with E-state index in [0.29, 0.717) is 0 Å². The molecule has 0 aliphatic rings. The molecule has 2 aromatic carbocycles. The quantitative estimate of drug-likeness (QED) is 0.684. The standard InChI is InChI=1S/C14H10BrFN2O/c15-12-6-4-10(5-7-12)9-17-18-14(19)11-2-1-3-13(16)8-11/h1-9H,(H,18,19)/b17-9+. The summed E-state index contributed by atoms with van der Waals surface area (Å²) in [6, 6.07) is 12.9. The van der Waals surface area contributed by atoms with E-state index in [1.54, 1.807) is 0 Å². The number of carbonyl (C=O) groups is 1. The van der Waals surface area contributed by atoms with E-state index in [4.69, 9.17) is 0 Å². The Hall–Kier alpha value is -2.01. The monoisotopic (exact) mass is 320 g/mol. The van der Waals surface area contributed by atoms with Crippen molar-refractivity contribution in [3.63, 3.8) is 0 Å². The van der Waals surface area contributed by atoms with E-state index >= 15 is 0 Å². The van der Waals surface area contributed by atoms with Gasteiger partial charge in [0.2, 0.25) is 0 Å². The molecule has 0 aliphatic carbocycles. The average Bonchev–Trinajstić information content (AvgIpc) is 2.41. The van der Waals surface area contributed by atoms with E-state index in [9.17, 15) is 9.18 Å². The number of amides is 1. The third-order valence-corrected chi connectivity index (χ3v) is 2.87. The van der Waals surface area contributed by atoms with Crippen LogP contribution in [0.15, 0.2) is 58.1 Å². The molecule has 2 rings (SSSR count). The van der Waals surface area contributed by atoms with Crippen molar-refractivity contribution in [3.05, 3.63) is 69.9 Å². The molecule has 0 spiro atoms. The molecular weight excluding hydrogens is 311 g/mol. The van der Waals surface area contributed by atoms with E-state index in [1.165, 1.54) is 24.4 Å². The maximum absolute atomic E-state index is 12.9. The summed E-state index contributed by atoms with van der Waals surface area (Å²) in [5.74, 6) is -0.905. The second kappa shape index (κ2) is 6.24. The Bertz CT molecular complexity index is 611. The van der Waals surface area contributed by atoms with Crippen molar-refractivity contribution in [1.29, 1.82) is 0 Å². The highest BCUT2D eigenvalue weighted by molar-refractivity contribution is 9.10. The summed E-state index contributed by atoms with van der Waals surface area (Å²) in [7, 11) is 0. The molecule has 19 heavy (non-hydrogen) atoms. The van der Waals surface area contributed by atoms with Gasteiger partial charge >= 0.3 is 0 Å². The zero-order valence-corrected chi connectivity index (χ0v) is 11.4. The Morgan fingerprint density at radius 3 is 2.63 bits per heavy atom. The summed E-state index contributed by atoms with van der Waals surface area (Å²) in [6.45, 7) is 0. The predicted molar refractivity (Wildman–Crippen MR) is 75.6 cm³/mol. The maximum atomic E-state index is 12.9. The van der Waals surface area contributed by atoms with Crippen LogP contribution in [0.2, 0.25) is 0 Å². The molecule has 0 bridgehead atoms. The van der Waals surface area contributed by atoms with Gasteiger partial charge in [-0.2, -0.15) is 5.10 Å². The van der Waals surface area contributed by atoms with E-state index in [0.717, 1.165) is 16.1 Å². The van der Waals surface area contributed by atoms with Gasteiger partial charge in [-0.3, -0.25) is 4.79 Å².